The maximum absolute atomic E-state index is 13.6. The smallest absolute Gasteiger partial charge is 0.342 e. The molecule has 0 atom stereocenters. The van der Waals surface area contributed by atoms with E-state index >= 15 is 0 Å². The first-order valence-electron chi connectivity index (χ1n) is 9.52. The molecular weight excluding hydrogens is 537 g/mol. The van der Waals surface area contributed by atoms with Gasteiger partial charge in [-0.2, -0.15) is 0 Å². The zero-order chi connectivity index (χ0) is 23.0. The van der Waals surface area contributed by atoms with Gasteiger partial charge in [0.15, 0.2) is 0 Å². The molecule has 1 N–H and O–H groups in total. The molecule has 0 saturated carbocycles. The van der Waals surface area contributed by atoms with Crippen molar-refractivity contribution in [1.29, 1.82) is 0 Å². The molecule has 0 aliphatic heterocycles. The summed E-state index contributed by atoms with van der Waals surface area (Å²) in [6.45, 7) is 3.52. The Kier molecular flexibility index (Phi) is 6.67. The second-order valence-electron chi connectivity index (χ2n) is 7.15. The van der Waals surface area contributed by atoms with E-state index in [9.17, 15) is 14.0 Å². The van der Waals surface area contributed by atoms with Crippen LogP contribution in [0.15, 0.2) is 52.3 Å². The van der Waals surface area contributed by atoms with Gasteiger partial charge in [0.1, 0.15) is 21.3 Å². The lowest BCUT2D eigenvalue weighted by Crippen LogP contribution is -2.16. The number of carbonyl (C=O) groups is 2. The maximum Gasteiger partial charge on any atom is 0.342 e. The van der Waals surface area contributed by atoms with Crippen molar-refractivity contribution in [2.45, 2.75) is 20.0 Å². The summed E-state index contributed by atoms with van der Waals surface area (Å²) in [6, 6.07) is 11.7. The number of amides is 1. The number of rotatable bonds is 5. The van der Waals surface area contributed by atoms with E-state index in [-0.39, 0.29) is 21.6 Å². The van der Waals surface area contributed by atoms with E-state index in [1.165, 1.54) is 23.5 Å². The molecular formula is C23H16BrClFNO3S2. The van der Waals surface area contributed by atoms with Gasteiger partial charge in [-0.05, 0) is 49.7 Å². The molecule has 0 saturated heterocycles. The molecule has 4 nitrogen and oxygen atoms in total. The van der Waals surface area contributed by atoms with Crippen LogP contribution >= 0.6 is 50.2 Å². The van der Waals surface area contributed by atoms with E-state index in [1.54, 1.807) is 25.3 Å². The molecule has 0 aliphatic rings. The van der Waals surface area contributed by atoms with E-state index in [0.29, 0.717) is 20.7 Å². The zero-order valence-corrected chi connectivity index (χ0v) is 20.8. The molecule has 164 valence electrons. The van der Waals surface area contributed by atoms with Gasteiger partial charge in [-0.1, -0.05) is 39.7 Å². The Balaban J connectivity index is 1.73. The fourth-order valence-corrected chi connectivity index (χ4v) is 5.77. The molecule has 9 heteroatoms. The Morgan fingerprint density at radius 3 is 2.56 bits per heavy atom. The van der Waals surface area contributed by atoms with Crippen molar-refractivity contribution in [2.24, 2.45) is 0 Å². The van der Waals surface area contributed by atoms with Crippen molar-refractivity contribution in [3.8, 4) is 11.1 Å². The summed E-state index contributed by atoms with van der Waals surface area (Å²) in [5, 5.41) is 5.81. The number of halogens is 3. The summed E-state index contributed by atoms with van der Waals surface area (Å²) in [5.41, 5.74) is 1.76. The van der Waals surface area contributed by atoms with Crippen LogP contribution in [0.5, 0.6) is 0 Å². The monoisotopic (exact) mass is 551 g/mol. The topological polar surface area (TPSA) is 55.4 Å². The van der Waals surface area contributed by atoms with Gasteiger partial charge in [-0.25, -0.2) is 9.18 Å². The minimum atomic E-state index is -0.529. The number of nitrogens with one attached hydrogen (secondary N) is 1. The summed E-state index contributed by atoms with van der Waals surface area (Å²) in [4.78, 5) is 26.2. The molecule has 0 fully saturated rings. The molecule has 0 aliphatic carbocycles. The Labute approximate surface area is 205 Å². The quantitative estimate of drug-likeness (QED) is 0.255. The van der Waals surface area contributed by atoms with E-state index in [0.717, 1.165) is 21.4 Å². The number of fused-ring (bicyclic) bond motifs is 1. The summed E-state index contributed by atoms with van der Waals surface area (Å²) in [7, 11) is 0. The van der Waals surface area contributed by atoms with Crippen LogP contribution in [0.25, 0.3) is 21.2 Å². The van der Waals surface area contributed by atoms with Crippen LogP contribution in [-0.4, -0.2) is 18.0 Å². The van der Waals surface area contributed by atoms with Gasteiger partial charge < -0.3 is 10.1 Å². The summed E-state index contributed by atoms with van der Waals surface area (Å²) in [6.07, 6.45) is -0.323. The highest BCUT2D eigenvalue weighted by molar-refractivity contribution is 9.10. The number of ether oxygens (including phenoxy) is 1. The summed E-state index contributed by atoms with van der Waals surface area (Å²) in [5.74, 6) is -1.41. The van der Waals surface area contributed by atoms with E-state index in [1.807, 2.05) is 24.3 Å². The van der Waals surface area contributed by atoms with Gasteiger partial charge in [0.25, 0.3) is 5.91 Å². The summed E-state index contributed by atoms with van der Waals surface area (Å²) < 4.78 is 20.5. The highest BCUT2D eigenvalue weighted by Gasteiger charge is 2.25. The van der Waals surface area contributed by atoms with Gasteiger partial charge in [-0.3, -0.25) is 4.79 Å². The number of anilines is 1. The predicted octanol–water partition coefficient (Wildman–Crippen LogP) is 8.00. The number of esters is 1. The van der Waals surface area contributed by atoms with E-state index < -0.39 is 17.7 Å². The van der Waals surface area contributed by atoms with Crippen molar-refractivity contribution in [3.05, 3.63) is 73.6 Å². The van der Waals surface area contributed by atoms with Crippen molar-refractivity contribution in [1.82, 2.24) is 0 Å². The number of carbonyl (C=O) groups excluding carboxylic acids is 2. The molecule has 0 spiro atoms. The molecule has 0 radical (unpaired) electrons. The molecule has 2 aromatic carbocycles. The van der Waals surface area contributed by atoms with Crippen LogP contribution in [0.4, 0.5) is 9.39 Å². The molecule has 4 aromatic rings. The van der Waals surface area contributed by atoms with Crippen molar-refractivity contribution < 1.29 is 18.7 Å². The average Bonchev–Trinajstić information content (AvgIpc) is 3.29. The maximum atomic E-state index is 13.6. The number of benzene rings is 2. The zero-order valence-electron chi connectivity index (χ0n) is 16.9. The Morgan fingerprint density at radius 2 is 1.88 bits per heavy atom. The second-order valence-corrected chi connectivity index (χ2v) is 10.4. The molecule has 0 bridgehead atoms. The third-order valence-electron chi connectivity index (χ3n) is 4.52. The number of thiophene rings is 2. The van der Waals surface area contributed by atoms with Crippen LogP contribution < -0.4 is 5.32 Å². The van der Waals surface area contributed by atoms with Crippen molar-refractivity contribution in [2.75, 3.05) is 5.32 Å². The molecule has 32 heavy (non-hydrogen) atoms. The number of hydrogen-bond acceptors (Lipinski definition) is 5. The second kappa shape index (κ2) is 9.31. The first-order valence-corrected chi connectivity index (χ1v) is 12.4. The van der Waals surface area contributed by atoms with Gasteiger partial charge in [0, 0.05) is 25.5 Å². The Bertz CT molecular complexity index is 1330. The van der Waals surface area contributed by atoms with E-state index in [4.69, 9.17) is 16.3 Å². The predicted molar refractivity (Wildman–Crippen MR) is 133 cm³/mol. The molecule has 2 heterocycles. The highest BCUT2D eigenvalue weighted by atomic mass is 79.9. The third kappa shape index (κ3) is 4.59. The van der Waals surface area contributed by atoms with Gasteiger partial charge in [0.05, 0.1) is 11.1 Å². The van der Waals surface area contributed by atoms with Crippen LogP contribution in [0, 0.1) is 5.82 Å². The Morgan fingerprint density at radius 1 is 1.16 bits per heavy atom. The normalized spacial score (nSPS) is 11.2. The average molecular weight is 553 g/mol. The van der Waals surface area contributed by atoms with Crippen LogP contribution in [0.2, 0.25) is 5.02 Å². The highest BCUT2D eigenvalue weighted by Crippen LogP contribution is 2.39. The van der Waals surface area contributed by atoms with Gasteiger partial charge in [0.2, 0.25) is 0 Å². The lowest BCUT2D eigenvalue weighted by Gasteiger charge is -2.11. The van der Waals surface area contributed by atoms with Crippen LogP contribution in [0.1, 0.15) is 33.9 Å². The molecule has 0 unspecified atom stereocenters. The number of hydrogen-bond donors (Lipinski definition) is 1. The lowest BCUT2D eigenvalue weighted by molar-refractivity contribution is 0.0380. The largest absolute Gasteiger partial charge is 0.459 e. The lowest BCUT2D eigenvalue weighted by atomic mass is 10.0. The first-order chi connectivity index (χ1) is 15.2. The first kappa shape index (κ1) is 22.9. The minimum absolute atomic E-state index is 0.244. The van der Waals surface area contributed by atoms with Gasteiger partial charge in [-0.15, -0.1) is 22.7 Å². The van der Waals surface area contributed by atoms with Crippen LogP contribution in [-0.2, 0) is 4.74 Å². The van der Waals surface area contributed by atoms with Crippen molar-refractivity contribution in [3.63, 3.8) is 0 Å². The third-order valence-corrected chi connectivity index (χ3v) is 7.60. The molecule has 4 rings (SSSR count). The summed E-state index contributed by atoms with van der Waals surface area (Å²) >= 11 is 12.1. The molecule has 1 amide bonds. The Hall–Kier alpha value is -2.26. The SMILES string of the molecule is CC(C)OC(=O)c1c(-c2ccc(Br)cc2)csc1NC(=O)c1sc2cc(F)ccc2c1Cl. The van der Waals surface area contributed by atoms with Crippen LogP contribution in [0.3, 0.4) is 0 Å². The fraction of sp³-hybridized carbons (Fsp3) is 0.130. The van der Waals surface area contributed by atoms with Crippen molar-refractivity contribution >= 4 is 77.2 Å². The van der Waals surface area contributed by atoms with E-state index in [2.05, 4.69) is 21.2 Å². The molecule has 2 aromatic heterocycles. The van der Waals surface area contributed by atoms with Gasteiger partial charge >= 0.3 is 5.97 Å². The minimum Gasteiger partial charge on any atom is -0.459 e. The standard InChI is InChI=1S/C23H16BrClFNO3S2/c1-11(2)30-23(29)18-16(12-3-5-13(24)6-4-12)10-31-22(18)27-21(28)20-19(25)15-8-7-14(26)9-17(15)32-20/h3-11H,1-2H3,(H,27,28). The fourth-order valence-electron chi connectivity index (χ4n) is 3.11.